The number of piperazine rings is 1. The largest absolute Gasteiger partial charge is 0.337 e. The number of aromatic nitrogens is 1. The molecule has 0 N–H and O–H groups in total. The van der Waals surface area contributed by atoms with Crippen molar-refractivity contribution in [2.45, 2.75) is 6.92 Å². The first-order valence-corrected chi connectivity index (χ1v) is 7.37. The molecule has 0 atom stereocenters. The van der Waals surface area contributed by atoms with Crippen molar-refractivity contribution in [1.29, 1.82) is 0 Å². The molecule has 1 amide bonds. The van der Waals surface area contributed by atoms with Gasteiger partial charge in [0.15, 0.2) is 0 Å². The van der Waals surface area contributed by atoms with Gasteiger partial charge in [0.2, 0.25) is 0 Å². The van der Waals surface area contributed by atoms with Crippen LogP contribution >= 0.6 is 0 Å². The summed E-state index contributed by atoms with van der Waals surface area (Å²) in [6, 6.07) is 6.72. The molecule has 0 aliphatic carbocycles. The first-order chi connectivity index (χ1) is 10.1. The maximum absolute atomic E-state index is 13.9. The highest BCUT2D eigenvalue weighted by molar-refractivity contribution is 5.98. The van der Waals surface area contributed by atoms with Crippen molar-refractivity contribution in [3.8, 4) is 0 Å². The molecule has 2 heterocycles. The highest BCUT2D eigenvalue weighted by Gasteiger charge is 2.24. The second kappa shape index (κ2) is 5.48. The fourth-order valence-electron chi connectivity index (χ4n) is 3.00. The molecule has 1 aliphatic rings. The van der Waals surface area contributed by atoms with Gasteiger partial charge in [-0.05, 0) is 18.7 Å². The predicted molar refractivity (Wildman–Crippen MR) is 80.9 cm³/mol. The number of hydrogen-bond donors (Lipinski definition) is 0. The molecule has 3 rings (SSSR count). The number of amides is 1. The first-order valence-electron chi connectivity index (χ1n) is 7.37. The number of nitrogens with zero attached hydrogens (tertiary/aromatic N) is 3. The van der Waals surface area contributed by atoms with Crippen molar-refractivity contribution in [3.05, 3.63) is 35.8 Å². The summed E-state index contributed by atoms with van der Waals surface area (Å²) < 4.78 is 15.6. The van der Waals surface area contributed by atoms with Crippen molar-refractivity contribution >= 4 is 16.8 Å². The summed E-state index contributed by atoms with van der Waals surface area (Å²) in [6.07, 6.45) is 0. The van der Waals surface area contributed by atoms with Gasteiger partial charge in [-0.3, -0.25) is 4.79 Å². The average Bonchev–Trinajstić information content (AvgIpc) is 2.85. The molecule has 112 valence electrons. The van der Waals surface area contributed by atoms with Crippen LogP contribution in [0.3, 0.4) is 0 Å². The van der Waals surface area contributed by atoms with Crippen LogP contribution in [0.4, 0.5) is 4.39 Å². The molecule has 0 unspecified atom stereocenters. The monoisotopic (exact) mass is 289 g/mol. The third kappa shape index (κ3) is 2.42. The third-order valence-electron chi connectivity index (χ3n) is 4.33. The minimum atomic E-state index is -0.287. The Hall–Kier alpha value is -1.88. The molecule has 1 aliphatic heterocycles. The molecular weight excluding hydrogens is 269 g/mol. The maximum atomic E-state index is 13.9. The van der Waals surface area contributed by atoms with Gasteiger partial charge in [-0.25, -0.2) is 4.39 Å². The minimum absolute atomic E-state index is 0.0103. The topological polar surface area (TPSA) is 28.5 Å². The third-order valence-corrected chi connectivity index (χ3v) is 4.33. The van der Waals surface area contributed by atoms with E-state index < -0.39 is 0 Å². The van der Waals surface area contributed by atoms with Crippen LogP contribution in [0.5, 0.6) is 0 Å². The number of hydrogen-bond acceptors (Lipinski definition) is 2. The number of halogens is 1. The van der Waals surface area contributed by atoms with Crippen LogP contribution in [0.25, 0.3) is 10.9 Å². The van der Waals surface area contributed by atoms with Crippen LogP contribution in [0.15, 0.2) is 24.3 Å². The van der Waals surface area contributed by atoms with E-state index in [1.807, 2.05) is 11.0 Å². The standard InChI is InChI=1S/C16H20FN3O/c1-3-19-7-9-20(10-8-19)16(21)14-11-12-5-4-6-13(17)15(12)18(14)2/h4-6,11H,3,7-10H2,1-2H3. The Balaban J connectivity index is 1.89. The molecule has 1 fully saturated rings. The van der Waals surface area contributed by atoms with Crippen molar-refractivity contribution in [3.63, 3.8) is 0 Å². The lowest BCUT2D eigenvalue weighted by molar-refractivity contribution is 0.0634. The van der Waals surface area contributed by atoms with Gasteiger partial charge in [-0.15, -0.1) is 0 Å². The van der Waals surface area contributed by atoms with Crippen molar-refractivity contribution in [1.82, 2.24) is 14.4 Å². The van der Waals surface area contributed by atoms with Crippen molar-refractivity contribution in [2.24, 2.45) is 7.05 Å². The van der Waals surface area contributed by atoms with Crippen LogP contribution in [0.1, 0.15) is 17.4 Å². The summed E-state index contributed by atoms with van der Waals surface area (Å²) in [6.45, 7) is 6.42. The number of carbonyl (C=O) groups excluding carboxylic acids is 1. The van der Waals surface area contributed by atoms with Crippen LogP contribution < -0.4 is 0 Å². The summed E-state index contributed by atoms with van der Waals surface area (Å²) in [5, 5.41) is 0.771. The lowest BCUT2D eigenvalue weighted by atomic mass is 10.2. The van der Waals surface area contributed by atoms with Gasteiger partial charge in [-0.2, -0.15) is 0 Å². The van der Waals surface area contributed by atoms with E-state index in [1.54, 1.807) is 23.7 Å². The van der Waals surface area contributed by atoms with Gasteiger partial charge in [-0.1, -0.05) is 19.1 Å². The summed E-state index contributed by atoms with van der Waals surface area (Å²) >= 11 is 0. The number of carbonyl (C=O) groups is 1. The fraction of sp³-hybridized carbons (Fsp3) is 0.438. The van der Waals surface area contributed by atoms with Crippen LogP contribution in [0.2, 0.25) is 0 Å². The Kier molecular flexibility index (Phi) is 3.68. The number of benzene rings is 1. The van der Waals surface area contributed by atoms with Crippen LogP contribution in [-0.4, -0.2) is 53.0 Å². The first kappa shape index (κ1) is 14.1. The smallest absolute Gasteiger partial charge is 0.270 e. The molecule has 5 heteroatoms. The molecule has 4 nitrogen and oxygen atoms in total. The van der Waals surface area contributed by atoms with E-state index in [9.17, 15) is 9.18 Å². The Morgan fingerprint density at radius 2 is 1.95 bits per heavy atom. The zero-order valence-electron chi connectivity index (χ0n) is 12.5. The number of likely N-dealkylation sites (N-methyl/N-ethyl adjacent to an activating group) is 1. The SMILES string of the molecule is CCN1CCN(C(=O)c2cc3cccc(F)c3n2C)CC1. The molecule has 1 aromatic carbocycles. The Labute approximate surface area is 123 Å². The highest BCUT2D eigenvalue weighted by atomic mass is 19.1. The Morgan fingerprint density at radius 1 is 1.24 bits per heavy atom. The predicted octanol–water partition coefficient (Wildman–Crippen LogP) is 2.10. The summed E-state index contributed by atoms with van der Waals surface area (Å²) in [5.74, 6) is -0.297. The molecule has 21 heavy (non-hydrogen) atoms. The molecule has 2 aromatic rings. The lowest BCUT2D eigenvalue weighted by Gasteiger charge is -2.34. The summed E-state index contributed by atoms with van der Waals surface area (Å²) in [4.78, 5) is 16.8. The van der Waals surface area contributed by atoms with Crippen LogP contribution in [-0.2, 0) is 7.05 Å². The highest BCUT2D eigenvalue weighted by Crippen LogP contribution is 2.22. The quantitative estimate of drug-likeness (QED) is 0.847. The van der Waals surface area contributed by atoms with Gasteiger partial charge in [0.1, 0.15) is 11.5 Å². The van der Waals surface area contributed by atoms with E-state index in [0.29, 0.717) is 11.2 Å². The molecule has 0 spiro atoms. The average molecular weight is 289 g/mol. The van der Waals surface area contributed by atoms with E-state index in [1.165, 1.54) is 6.07 Å². The van der Waals surface area contributed by atoms with Gasteiger partial charge in [0.05, 0.1) is 5.52 Å². The van der Waals surface area contributed by atoms with Gasteiger partial charge < -0.3 is 14.4 Å². The minimum Gasteiger partial charge on any atom is -0.337 e. The second-order valence-electron chi connectivity index (χ2n) is 5.49. The summed E-state index contributed by atoms with van der Waals surface area (Å²) in [5.41, 5.74) is 1.05. The molecule has 0 radical (unpaired) electrons. The second-order valence-corrected chi connectivity index (χ2v) is 5.49. The Bertz CT molecular complexity index is 671. The number of fused-ring (bicyclic) bond motifs is 1. The Morgan fingerprint density at radius 3 is 2.57 bits per heavy atom. The summed E-state index contributed by atoms with van der Waals surface area (Å²) in [7, 11) is 1.75. The van der Waals surface area contributed by atoms with Gasteiger partial charge in [0, 0.05) is 38.6 Å². The maximum Gasteiger partial charge on any atom is 0.270 e. The fourth-order valence-corrected chi connectivity index (χ4v) is 3.00. The lowest BCUT2D eigenvalue weighted by Crippen LogP contribution is -2.48. The normalized spacial score (nSPS) is 16.6. The zero-order valence-corrected chi connectivity index (χ0v) is 12.5. The van der Waals surface area contributed by atoms with E-state index in [2.05, 4.69) is 11.8 Å². The van der Waals surface area contributed by atoms with Crippen LogP contribution in [0, 0.1) is 5.82 Å². The van der Waals surface area contributed by atoms with E-state index in [0.717, 1.165) is 38.1 Å². The molecule has 1 saturated heterocycles. The van der Waals surface area contributed by atoms with Gasteiger partial charge in [0.25, 0.3) is 5.91 Å². The zero-order chi connectivity index (χ0) is 15.0. The number of para-hydroxylation sites is 1. The molecular formula is C16H20FN3O. The van der Waals surface area contributed by atoms with Crippen molar-refractivity contribution < 1.29 is 9.18 Å². The molecule has 1 aromatic heterocycles. The van der Waals surface area contributed by atoms with Crippen molar-refractivity contribution in [2.75, 3.05) is 32.7 Å². The van der Waals surface area contributed by atoms with E-state index in [4.69, 9.17) is 0 Å². The molecule has 0 saturated carbocycles. The molecule has 0 bridgehead atoms. The van der Waals surface area contributed by atoms with E-state index >= 15 is 0 Å². The number of aryl methyl sites for hydroxylation is 1. The van der Waals surface area contributed by atoms with Gasteiger partial charge >= 0.3 is 0 Å². The number of rotatable bonds is 2. The van der Waals surface area contributed by atoms with E-state index in [-0.39, 0.29) is 11.7 Å².